The van der Waals surface area contributed by atoms with E-state index in [2.05, 4.69) is 41.5 Å². The largest absolute Gasteiger partial charge is 0.472 e. The zero-order valence-corrected chi connectivity index (χ0v) is 61.6. The van der Waals surface area contributed by atoms with Gasteiger partial charge in [-0.15, -0.1) is 0 Å². The summed E-state index contributed by atoms with van der Waals surface area (Å²) in [5.41, 5.74) is 0. The van der Waals surface area contributed by atoms with Crippen LogP contribution in [-0.2, 0) is 65.4 Å². The van der Waals surface area contributed by atoms with E-state index in [1.54, 1.807) is 0 Å². The van der Waals surface area contributed by atoms with Crippen molar-refractivity contribution < 1.29 is 80.2 Å². The first-order chi connectivity index (χ1) is 44.4. The van der Waals surface area contributed by atoms with Gasteiger partial charge in [0, 0.05) is 25.7 Å². The Bertz CT molecular complexity index is 1790. The fourth-order valence-corrected chi connectivity index (χ4v) is 12.6. The lowest BCUT2D eigenvalue weighted by Crippen LogP contribution is -2.30. The van der Waals surface area contributed by atoms with Crippen molar-refractivity contribution in [2.24, 2.45) is 11.8 Å². The van der Waals surface area contributed by atoms with Gasteiger partial charge in [0.05, 0.1) is 26.4 Å². The minimum atomic E-state index is -4.95. The summed E-state index contributed by atoms with van der Waals surface area (Å²) >= 11 is 0. The average Bonchev–Trinajstić information content (AvgIpc) is 2.43. The molecule has 92 heavy (non-hydrogen) atoms. The van der Waals surface area contributed by atoms with Gasteiger partial charge in [-0.1, -0.05) is 324 Å². The van der Waals surface area contributed by atoms with Crippen LogP contribution in [0.1, 0.15) is 375 Å². The molecule has 0 saturated carbocycles. The molecule has 0 fully saturated rings. The summed E-state index contributed by atoms with van der Waals surface area (Å²) in [5, 5.41) is 10.6. The van der Waals surface area contributed by atoms with Crippen molar-refractivity contribution in [2.75, 3.05) is 39.6 Å². The Labute approximate surface area is 562 Å². The predicted molar refractivity (Wildman–Crippen MR) is 372 cm³/mol. The van der Waals surface area contributed by atoms with Gasteiger partial charge < -0.3 is 33.8 Å². The smallest absolute Gasteiger partial charge is 0.462 e. The molecule has 0 saturated heterocycles. The fourth-order valence-electron chi connectivity index (χ4n) is 11.1. The number of phosphoric ester groups is 2. The highest BCUT2D eigenvalue weighted by molar-refractivity contribution is 7.47. The molecule has 0 amide bonds. The van der Waals surface area contributed by atoms with Gasteiger partial charge in [0.15, 0.2) is 12.2 Å². The third-order valence-corrected chi connectivity index (χ3v) is 19.6. The van der Waals surface area contributed by atoms with Crippen molar-refractivity contribution >= 4 is 39.5 Å². The molecule has 17 nitrogen and oxygen atoms in total. The Morgan fingerprint density at radius 2 is 0.522 bits per heavy atom. The molecule has 0 spiro atoms. The van der Waals surface area contributed by atoms with Crippen LogP contribution in [0, 0.1) is 11.8 Å². The lowest BCUT2D eigenvalue weighted by atomic mass is 9.99. The molecule has 0 aromatic heterocycles. The topological polar surface area (TPSA) is 237 Å². The van der Waals surface area contributed by atoms with Crippen molar-refractivity contribution in [2.45, 2.75) is 394 Å². The van der Waals surface area contributed by atoms with Gasteiger partial charge in [0.25, 0.3) is 0 Å². The first-order valence-corrected chi connectivity index (χ1v) is 41.1. The van der Waals surface area contributed by atoms with E-state index in [1.165, 1.54) is 186 Å². The van der Waals surface area contributed by atoms with Crippen LogP contribution in [0.25, 0.3) is 0 Å². The van der Waals surface area contributed by atoms with Gasteiger partial charge in [0.1, 0.15) is 19.3 Å². The molecule has 4 unspecified atom stereocenters. The summed E-state index contributed by atoms with van der Waals surface area (Å²) in [6.07, 6.45) is 51.6. The van der Waals surface area contributed by atoms with E-state index in [0.717, 1.165) is 108 Å². The van der Waals surface area contributed by atoms with Crippen molar-refractivity contribution in [3.8, 4) is 0 Å². The maximum Gasteiger partial charge on any atom is 0.472 e. The number of carbonyl (C=O) groups is 4. The van der Waals surface area contributed by atoms with Crippen LogP contribution >= 0.6 is 15.6 Å². The fraction of sp³-hybridized carbons (Fsp3) is 0.945. The van der Waals surface area contributed by atoms with E-state index < -0.39 is 97.5 Å². The minimum absolute atomic E-state index is 0.105. The molecule has 546 valence electrons. The number of carbonyl (C=O) groups excluding carboxylic acids is 4. The van der Waals surface area contributed by atoms with Gasteiger partial charge in [0.2, 0.25) is 0 Å². The highest BCUT2D eigenvalue weighted by atomic mass is 31.2. The summed E-state index contributed by atoms with van der Waals surface area (Å²) in [5.74, 6) is -0.518. The van der Waals surface area contributed by atoms with Crippen LogP contribution in [0.5, 0.6) is 0 Å². The number of unbranched alkanes of at least 4 members (excludes halogenated alkanes) is 40. The number of hydrogen-bond donors (Lipinski definition) is 3. The van der Waals surface area contributed by atoms with Gasteiger partial charge >= 0.3 is 39.5 Å². The third kappa shape index (κ3) is 64.1. The Kier molecular flexibility index (Phi) is 63.7. The quantitative estimate of drug-likeness (QED) is 0.0222. The predicted octanol–water partition coefficient (Wildman–Crippen LogP) is 21.2. The minimum Gasteiger partial charge on any atom is -0.462 e. The average molecular weight is 1350 g/mol. The number of aliphatic hydroxyl groups is 1. The monoisotopic (exact) mass is 1350 g/mol. The summed E-state index contributed by atoms with van der Waals surface area (Å²) in [4.78, 5) is 72.4. The van der Waals surface area contributed by atoms with Crippen LogP contribution in [0.2, 0.25) is 0 Å². The second kappa shape index (κ2) is 65.0. The number of rotatable bonds is 72. The van der Waals surface area contributed by atoms with E-state index in [1.807, 2.05) is 0 Å². The summed E-state index contributed by atoms with van der Waals surface area (Å²) in [6, 6.07) is 0. The van der Waals surface area contributed by atoms with E-state index >= 15 is 0 Å². The van der Waals surface area contributed by atoms with Crippen LogP contribution in [0.3, 0.4) is 0 Å². The summed E-state index contributed by atoms with van der Waals surface area (Å²) in [6.45, 7) is 9.54. The molecule has 0 heterocycles. The number of aliphatic hydroxyl groups excluding tert-OH is 1. The Hall–Kier alpha value is -1.94. The summed E-state index contributed by atoms with van der Waals surface area (Å²) < 4.78 is 68.2. The maximum atomic E-state index is 13.0. The van der Waals surface area contributed by atoms with Crippen molar-refractivity contribution in [1.82, 2.24) is 0 Å². The van der Waals surface area contributed by atoms with Gasteiger partial charge in [-0.3, -0.25) is 37.3 Å². The molecule has 0 aliphatic rings. The first-order valence-electron chi connectivity index (χ1n) is 38.1. The summed E-state index contributed by atoms with van der Waals surface area (Å²) in [7, 11) is -9.90. The normalized spacial score (nSPS) is 14.7. The highest BCUT2D eigenvalue weighted by Gasteiger charge is 2.30. The Morgan fingerprint density at radius 3 is 0.772 bits per heavy atom. The number of phosphoric acid groups is 2. The molecule has 0 radical (unpaired) electrons. The molecule has 0 rings (SSSR count). The zero-order valence-electron chi connectivity index (χ0n) is 59.9. The molecular weight excluding hydrogens is 1210 g/mol. The number of ether oxygens (including phenoxy) is 4. The highest BCUT2D eigenvalue weighted by Crippen LogP contribution is 2.45. The van der Waals surface area contributed by atoms with Crippen LogP contribution < -0.4 is 0 Å². The van der Waals surface area contributed by atoms with Crippen LogP contribution in [0.15, 0.2) is 0 Å². The molecule has 3 N–H and O–H groups in total. The zero-order chi connectivity index (χ0) is 67.9. The van der Waals surface area contributed by atoms with E-state index in [-0.39, 0.29) is 25.7 Å². The Morgan fingerprint density at radius 1 is 0.304 bits per heavy atom. The molecule has 0 bridgehead atoms. The third-order valence-electron chi connectivity index (χ3n) is 17.7. The van der Waals surface area contributed by atoms with E-state index in [0.29, 0.717) is 25.7 Å². The van der Waals surface area contributed by atoms with Crippen molar-refractivity contribution in [1.29, 1.82) is 0 Å². The second-order valence-corrected chi connectivity index (χ2v) is 29.7. The standard InChI is InChI=1S/C73H142O17P2/c1-7-11-13-15-16-17-18-19-20-21-22-23-24-25-26-34-39-45-51-57-73(78)90-69(62-84-71(76)56-50-44-38-33-29-27-31-36-42-47-53-65(5)9-3)64-88-92(81,82)86-60-67(74)59-85-91(79,80)87-63-68(61-83-70(75)55-49-41-14-12-8-2)89-72(77)58-52-46-40-35-30-28-32-37-43-48-54-66(6)10-4/h65-69,74H,7-64H2,1-6H3,(H,79,80)(H,81,82)/t65?,66?,67-,68+,69+/m0/s1. The van der Waals surface area contributed by atoms with E-state index in [4.69, 9.17) is 37.0 Å². The molecular formula is C73H142O17P2. The van der Waals surface area contributed by atoms with Crippen molar-refractivity contribution in [3.05, 3.63) is 0 Å². The molecule has 0 aliphatic carbocycles. The van der Waals surface area contributed by atoms with Crippen molar-refractivity contribution in [3.63, 3.8) is 0 Å². The lowest BCUT2D eigenvalue weighted by molar-refractivity contribution is -0.161. The number of esters is 4. The van der Waals surface area contributed by atoms with Gasteiger partial charge in [-0.25, -0.2) is 9.13 Å². The van der Waals surface area contributed by atoms with E-state index in [9.17, 15) is 43.2 Å². The molecule has 0 aromatic rings. The molecule has 0 aliphatic heterocycles. The molecule has 7 atom stereocenters. The lowest BCUT2D eigenvalue weighted by Gasteiger charge is -2.21. The SMILES string of the molecule is CCCCCCCCCCCCCCCCCCCCCC(=O)O[C@H](COC(=O)CCCCCCCCCCCCC(C)CC)COP(=O)(O)OC[C@@H](O)COP(=O)(O)OC[C@@H](COC(=O)CCCCCCC)OC(=O)CCCCCCCCCCCCC(C)CC. The molecule has 19 heteroatoms. The van der Waals surface area contributed by atoms with Gasteiger partial charge in [-0.2, -0.15) is 0 Å². The Balaban J connectivity index is 5.15. The van der Waals surface area contributed by atoms with Crippen LogP contribution in [0.4, 0.5) is 0 Å². The van der Waals surface area contributed by atoms with Gasteiger partial charge in [-0.05, 0) is 37.5 Å². The second-order valence-electron chi connectivity index (χ2n) is 26.8. The molecule has 0 aromatic carbocycles. The van der Waals surface area contributed by atoms with Crippen LogP contribution in [-0.4, -0.2) is 96.7 Å². The maximum absolute atomic E-state index is 13.0. The number of hydrogen-bond acceptors (Lipinski definition) is 15. The first kappa shape index (κ1) is 90.1.